The number of nitrogens with zero attached hydrogens (tertiary/aromatic N) is 1. The van der Waals surface area contributed by atoms with Crippen molar-refractivity contribution in [1.29, 1.82) is 0 Å². The first-order valence-electron chi connectivity index (χ1n) is 6.94. The van der Waals surface area contributed by atoms with Crippen LogP contribution in [0.3, 0.4) is 0 Å². The molecule has 0 spiro atoms. The standard InChI is InChI=1S/C14H21N3O4/c1-2-3-6-11(9-15)16-14(18)10-21-13-8-5-4-7-12(13)17(19)20/h4-5,7-8,11H,2-3,6,9-10,15H2,1H3,(H,16,18). The third-order valence-corrected chi connectivity index (χ3v) is 2.98. The Morgan fingerprint density at radius 3 is 2.81 bits per heavy atom. The van der Waals surface area contributed by atoms with Gasteiger partial charge in [0.2, 0.25) is 0 Å². The van der Waals surface area contributed by atoms with Crippen LogP contribution in [0.25, 0.3) is 0 Å². The highest BCUT2D eigenvalue weighted by Gasteiger charge is 2.16. The normalized spacial score (nSPS) is 11.7. The second-order valence-corrected chi connectivity index (χ2v) is 4.66. The molecule has 0 aliphatic rings. The van der Waals surface area contributed by atoms with Crippen LogP contribution in [0.2, 0.25) is 0 Å². The summed E-state index contributed by atoms with van der Waals surface area (Å²) < 4.78 is 5.22. The second kappa shape index (κ2) is 8.91. The molecule has 21 heavy (non-hydrogen) atoms. The van der Waals surface area contributed by atoms with E-state index in [0.717, 1.165) is 19.3 Å². The molecule has 1 amide bonds. The zero-order valence-electron chi connectivity index (χ0n) is 12.1. The van der Waals surface area contributed by atoms with E-state index in [1.807, 2.05) is 0 Å². The number of nitro groups is 1. The number of hydrogen-bond acceptors (Lipinski definition) is 5. The molecule has 0 fully saturated rings. The molecule has 1 atom stereocenters. The Kier molecular flexibility index (Phi) is 7.17. The van der Waals surface area contributed by atoms with Crippen LogP contribution in [0.15, 0.2) is 24.3 Å². The van der Waals surface area contributed by atoms with E-state index in [0.29, 0.717) is 6.54 Å². The van der Waals surface area contributed by atoms with Crippen LogP contribution in [0.4, 0.5) is 5.69 Å². The molecule has 0 bridgehead atoms. The van der Waals surface area contributed by atoms with Crippen molar-refractivity contribution in [2.24, 2.45) is 5.73 Å². The van der Waals surface area contributed by atoms with E-state index in [-0.39, 0.29) is 30.0 Å². The summed E-state index contributed by atoms with van der Waals surface area (Å²) in [6, 6.07) is 5.86. The Bertz CT molecular complexity index is 479. The lowest BCUT2D eigenvalue weighted by molar-refractivity contribution is -0.385. The van der Waals surface area contributed by atoms with E-state index in [9.17, 15) is 14.9 Å². The third-order valence-electron chi connectivity index (χ3n) is 2.98. The lowest BCUT2D eigenvalue weighted by atomic mass is 10.1. The van der Waals surface area contributed by atoms with Gasteiger partial charge in [-0.3, -0.25) is 14.9 Å². The van der Waals surface area contributed by atoms with Gasteiger partial charge in [0.15, 0.2) is 12.4 Å². The topological polar surface area (TPSA) is 107 Å². The van der Waals surface area contributed by atoms with Gasteiger partial charge in [-0.25, -0.2) is 0 Å². The highest BCUT2D eigenvalue weighted by atomic mass is 16.6. The van der Waals surface area contributed by atoms with E-state index in [2.05, 4.69) is 12.2 Å². The Hall–Kier alpha value is -2.15. The van der Waals surface area contributed by atoms with Crippen LogP contribution in [0, 0.1) is 10.1 Å². The molecule has 0 saturated heterocycles. The molecule has 116 valence electrons. The number of benzene rings is 1. The molecule has 1 aromatic rings. The lowest BCUT2D eigenvalue weighted by Gasteiger charge is -2.16. The summed E-state index contributed by atoms with van der Waals surface area (Å²) in [4.78, 5) is 22.0. The van der Waals surface area contributed by atoms with Gasteiger partial charge in [-0.1, -0.05) is 31.9 Å². The van der Waals surface area contributed by atoms with Crippen molar-refractivity contribution in [3.8, 4) is 5.75 Å². The molecule has 7 heteroatoms. The van der Waals surface area contributed by atoms with Gasteiger partial charge in [0.25, 0.3) is 5.91 Å². The van der Waals surface area contributed by atoms with Gasteiger partial charge in [-0.05, 0) is 12.5 Å². The number of ether oxygens (including phenoxy) is 1. The number of carbonyl (C=O) groups is 1. The summed E-state index contributed by atoms with van der Waals surface area (Å²) >= 11 is 0. The van der Waals surface area contributed by atoms with Crippen LogP contribution in [-0.4, -0.2) is 30.0 Å². The Morgan fingerprint density at radius 1 is 1.48 bits per heavy atom. The molecule has 3 N–H and O–H groups in total. The largest absolute Gasteiger partial charge is 0.477 e. The average Bonchev–Trinajstić information content (AvgIpc) is 2.49. The number of nitrogens with two attached hydrogens (primary N) is 1. The summed E-state index contributed by atoms with van der Waals surface area (Å²) in [7, 11) is 0. The van der Waals surface area contributed by atoms with Crippen LogP contribution < -0.4 is 15.8 Å². The minimum Gasteiger partial charge on any atom is -0.477 e. The monoisotopic (exact) mass is 295 g/mol. The smallest absolute Gasteiger partial charge is 0.310 e. The fourth-order valence-electron chi connectivity index (χ4n) is 1.84. The van der Waals surface area contributed by atoms with Gasteiger partial charge < -0.3 is 15.8 Å². The fraction of sp³-hybridized carbons (Fsp3) is 0.500. The van der Waals surface area contributed by atoms with Crippen molar-refractivity contribution in [3.05, 3.63) is 34.4 Å². The molecule has 7 nitrogen and oxygen atoms in total. The maximum Gasteiger partial charge on any atom is 0.310 e. The zero-order chi connectivity index (χ0) is 15.7. The first kappa shape index (κ1) is 16.9. The van der Waals surface area contributed by atoms with Crippen molar-refractivity contribution in [2.45, 2.75) is 32.2 Å². The summed E-state index contributed by atoms with van der Waals surface area (Å²) in [5.41, 5.74) is 5.43. The molecule has 0 radical (unpaired) electrons. The average molecular weight is 295 g/mol. The molecule has 1 aromatic carbocycles. The predicted octanol–water partition coefficient (Wildman–Crippen LogP) is 1.61. The van der Waals surface area contributed by atoms with Crippen molar-refractivity contribution < 1.29 is 14.5 Å². The number of hydrogen-bond donors (Lipinski definition) is 2. The molecule has 0 heterocycles. The van der Waals surface area contributed by atoms with Gasteiger partial charge in [0, 0.05) is 18.7 Å². The maximum absolute atomic E-state index is 11.8. The Morgan fingerprint density at radius 2 is 2.19 bits per heavy atom. The van der Waals surface area contributed by atoms with Crippen LogP contribution in [0.1, 0.15) is 26.2 Å². The number of unbranched alkanes of at least 4 members (excludes halogenated alkanes) is 1. The van der Waals surface area contributed by atoms with Gasteiger partial charge >= 0.3 is 5.69 Å². The van der Waals surface area contributed by atoms with Crippen LogP contribution >= 0.6 is 0 Å². The molecule has 0 saturated carbocycles. The van der Waals surface area contributed by atoms with Crippen molar-refractivity contribution in [3.63, 3.8) is 0 Å². The van der Waals surface area contributed by atoms with E-state index < -0.39 is 4.92 Å². The molecular formula is C14H21N3O4. The molecular weight excluding hydrogens is 274 g/mol. The molecule has 1 unspecified atom stereocenters. The van der Waals surface area contributed by atoms with Gasteiger partial charge in [0.1, 0.15) is 0 Å². The van der Waals surface area contributed by atoms with Gasteiger partial charge in [0.05, 0.1) is 4.92 Å². The van der Waals surface area contributed by atoms with Crippen LogP contribution in [-0.2, 0) is 4.79 Å². The maximum atomic E-state index is 11.8. The number of para-hydroxylation sites is 2. The Balaban J connectivity index is 2.51. The van der Waals surface area contributed by atoms with Gasteiger partial charge in [-0.15, -0.1) is 0 Å². The third kappa shape index (κ3) is 5.78. The predicted molar refractivity (Wildman–Crippen MR) is 79.1 cm³/mol. The summed E-state index contributed by atoms with van der Waals surface area (Å²) in [6.07, 6.45) is 2.82. The first-order valence-corrected chi connectivity index (χ1v) is 6.94. The van der Waals surface area contributed by atoms with E-state index in [4.69, 9.17) is 10.5 Å². The minimum absolute atomic E-state index is 0.0792. The highest BCUT2D eigenvalue weighted by Crippen LogP contribution is 2.25. The van der Waals surface area contributed by atoms with E-state index >= 15 is 0 Å². The lowest BCUT2D eigenvalue weighted by Crippen LogP contribution is -2.42. The number of rotatable bonds is 9. The van der Waals surface area contributed by atoms with Crippen molar-refractivity contribution in [2.75, 3.05) is 13.2 Å². The molecule has 0 aromatic heterocycles. The van der Waals surface area contributed by atoms with Crippen LogP contribution in [0.5, 0.6) is 5.75 Å². The summed E-state index contributed by atoms with van der Waals surface area (Å²) in [5.74, 6) is -0.254. The number of carbonyl (C=O) groups excluding carboxylic acids is 1. The second-order valence-electron chi connectivity index (χ2n) is 4.66. The SMILES string of the molecule is CCCCC(CN)NC(=O)COc1ccccc1[N+](=O)[O-]. The summed E-state index contributed by atoms with van der Waals surface area (Å²) in [6.45, 7) is 2.15. The zero-order valence-corrected chi connectivity index (χ0v) is 12.1. The first-order chi connectivity index (χ1) is 10.1. The number of nitrogens with one attached hydrogen (secondary N) is 1. The highest BCUT2D eigenvalue weighted by molar-refractivity contribution is 5.78. The molecule has 0 aliphatic heterocycles. The van der Waals surface area contributed by atoms with Crippen molar-refractivity contribution in [1.82, 2.24) is 5.32 Å². The number of amides is 1. The molecule has 1 rings (SSSR count). The quantitative estimate of drug-likeness (QED) is 0.531. The summed E-state index contributed by atoms with van der Waals surface area (Å²) in [5, 5.41) is 13.6. The fourth-order valence-corrected chi connectivity index (χ4v) is 1.84. The molecule has 0 aliphatic carbocycles. The van der Waals surface area contributed by atoms with E-state index in [1.54, 1.807) is 12.1 Å². The number of nitro benzene ring substituents is 1. The van der Waals surface area contributed by atoms with Gasteiger partial charge in [-0.2, -0.15) is 0 Å². The van der Waals surface area contributed by atoms with Crippen molar-refractivity contribution >= 4 is 11.6 Å². The Labute approximate surface area is 123 Å². The minimum atomic E-state index is -0.544. The van der Waals surface area contributed by atoms with E-state index in [1.165, 1.54) is 12.1 Å².